The quantitative estimate of drug-likeness (QED) is 0.115. The number of carbonyl (C=O) groups is 6. The van der Waals surface area contributed by atoms with Gasteiger partial charge in [-0.05, 0) is 75.2 Å². The van der Waals surface area contributed by atoms with Gasteiger partial charge in [-0.25, -0.2) is 4.79 Å². The zero-order chi connectivity index (χ0) is 38.3. The molecule has 0 aliphatic heterocycles. The van der Waals surface area contributed by atoms with E-state index >= 15 is 0 Å². The molecule has 52 heavy (non-hydrogen) atoms. The molecule has 15 heteroatoms. The number of benzene rings is 3. The monoisotopic (exact) mass is 718 g/mol. The number of hydrogen-bond donors (Lipinski definition) is 7. The molecule has 278 valence electrons. The second-order valence-corrected chi connectivity index (χ2v) is 12.8. The summed E-state index contributed by atoms with van der Waals surface area (Å²) >= 11 is 0. The fourth-order valence-corrected chi connectivity index (χ4v) is 4.70. The first-order valence-corrected chi connectivity index (χ1v) is 16.5. The number of aromatic hydroxyl groups is 1. The lowest BCUT2D eigenvalue weighted by Crippen LogP contribution is -2.55. The molecule has 0 fully saturated rings. The van der Waals surface area contributed by atoms with Crippen LogP contribution < -0.4 is 36.6 Å². The van der Waals surface area contributed by atoms with Gasteiger partial charge in [-0.2, -0.15) is 0 Å². The molecule has 3 rings (SSSR count). The molecule has 0 saturated carbocycles. The number of carbonyl (C=O) groups excluding carboxylic acids is 6. The topological polar surface area (TPSA) is 213 Å². The molecular weight excluding hydrogens is 672 g/mol. The number of hydrogen-bond acceptors (Lipinski definition) is 9. The second-order valence-electron chi connectivity index (χ2n) is 12.8. The Morgan fingerprint density at radius 2 is 1.23 bits per heavy atom. The molecule has 7 N–H and O–H groups in total. The van der Waals surface area contributed by atoms with E-state index in [1.165, 1.54) is 26.2 Å². The Kier molecular flexibility index (Phi) is 15.0. The Morgan fingerprint density at radius 1 is 0.673 bits per heavy atom. The largest absolute Gasteiger partial charge is 0.508 e. The predicted molar refractivity (Wildman–Crippen MR) is 192 cm³/mol. The van der Waals surface area contributed by atoms with Crippen molar-refractivity contribution in [1.29, 1.82) is 0 Å². The van der Waals surface area contributed by atoms with Gasteiger partial charge in [0.25, 0.3) is 0 Å². The van der Waals surface area contributed by atoms with Gasteiger partial charge < -0.3 is 46.5 Å². The Labute approximate surface area is 302 Å². The smallest absolute Gasteiger partial charge is 0.408 e. The molecule has 3 aromatic carbocycles. The molecule has 6 amide bonds. The fraction of sp³-hybridized carbons (Fsp3) is 0.351. The van der Waals surface area contributed by atoms with Crippen LogP contribution in [0, 0.1) is 0 Å². The first kappa shape index (κ1) is 40.3. The number of anilines is 1. The van der Waals surface area contributed by atoms with Crippen LogP contribution in [0.3, 0.4) is 0 Å². The van der Waals surface area contributed by atoms with Gasteiger partial charge in [-0.3, -0.25) is 24.0 Å². The highest BCUT2D eigenvalue weighted by molar-refractivity contribution is 5.97. The van der Waals surface area contributed by atoms with Crippen molar-refractivity contribution in [3.63, 3.8) is 0 Å². The molecule has 0 saturated heterocycles. The van der Waals surface area contributed by atoms with E-state index in [1.54, 1.807) is 87.5 Å². The molecule has 0 unspecified atom stereocenters. The Balaban J connectivity index is 1.57. The Bertz CT molecular complexity index is 1680. The van der Waals surface area contributed by atoms with Crippen LogP contribution in [0.15, 0.2) is 78.9 Å². The van der Waals surface area contributed by atoms with Gasteiger partial charge in [-0.15, -0.1) is 0 Å². The molecule has 3 atom stereocenters. The zero-order valence-corrected chi connectivity index (χ0v) is 29.8. The molecule has 0 heterocycles. The molecular formula is C37H46N6O9. The van der Waals surface area contributed by atoms with E-state index in [9.17, 15) is 33.9 Å². The third-order valence-corrected chi connectivity index (χ3v) is 7.29. The third-order valence-electron chi connectivity index (χ3n) is 7.29. The van der Waals surface area contributed by atoms with Crippen LogP contribution in [0.25, 0.3) is 0 Å². The summed E-state index contributed by atoms with van der Waals surface area (Å²) in [6.07, 6.45) is -0.714. The van der Waals surface area contributed by atoms with Gasteiger partial charge in [0.05, 0.1) is 20.2 Å². The highest BCUT2D eigenvalue weighted by Gasteiger charge is 2.28. The van der Waals surface area contributed by atoms with E-state index in [0.29, 0.717) is 17.0 Å². The maximum absolute atomic E-state index is 13.2. The minimum Gasteiger partial charge on any atom is -0.508 e. The van der Waals surface area contributed by atoms with Crippen molar-refractivity contribution in [2.24, 2.45) is 0 Å². The predicted octanol–water partition coefficient (Wildman–Crippen LogP) is 1.94. The van der Waals surface area contributed by atoms with Crippen molar-refractivity contribution in [3.05, 3.63) is 90.0 Å². The van der Waals surface area contributed by atoms with Crippen molar-refractivity contribution in [2.75, 3.05) is 25.5 Å². The minimum atomic E-state index is -1.14. The average molecular weight is 719 g/mol. The van der Waals surface area contributed by atoms with Gasteiger partial charge in [0.15, 0.2) is 0 Å². The van der Waals surface area contributed by atoms with Crippen LogP contribution in [-0.2, 0) is 41.6 Å². The maximum Gasteiger partial charge on any atom is 0.408 e. The van der Waals surface area contributed by atoms with Crippen LogP contribution in [0.2, 0.25) is 0 Å². The van der Waals surface area contributed by atoms with E-state index < -0.39 is 65.9 Å². The SMILES string of the molecule is COc1ccc(NC(=O)CNC(=O)[C@H](Cc2ccccc2)NC(=O)CNC(=O)[C@@H](C)NC(=O)[C@H](Cc2ccc(O)cc2)NC(=O)OC(C)(C)C)cc1. The second kappa shape index (κ2) is 19.3. The maximum atomic E-state index is 13.2. The summed E-state index contributed by atoms with van der Waals surface area (Å²) in [4.78, 5) is 77.2. The molecule has 3 aromatic rings. The standard InChI is InChI=1S/C37H46N6O9/c1-23(40-35(49)30(43-36(50)52-37(2,3)4)20-25-11-15-27(44)16-12-25)33(47)38-22-32(46)42-29(19-24-9-7-6-8-10-24)34(48)39-21-31(45)41-26-13-17-28(51-5)18-14-26/h6-18,23,29-30,44H,19-22H2,1-5H3,(H,38,47)(H,39,48)(H,40,49)(H,41,45)(H,42,46)(H,43,50)/t23-,29+,30+/m1/s1. The van der Waals surface area contributed by atoms with Crippen LogP contribution in [0.4, 0.5) is 10.5 Å². The lowest BCUT2D eigenvalue weighted by atomic mass is 10.0. The zero-order valence-electron chi connectivity index (χ0n) is 29.8. The molecule has 0 aromatic heterocycles. The van der Waals surface area contributed by atoms with Crippen molar-refractivity contribution in [1.82, 2.24) is 26.6 Å². The number of phenolic OH excluding ortho intramolecular Hbond substituents is 1. The number of alkyl carbamates (subject to hydrolysis) is 1. The summed E-state index contributed by atoms with van der Waals surface area (Å²) in [6, 6.07) is 18.3. The lowest BCUT2D eigenvalue weighted by Gasteiger charge is -2.24. The van der Waals surface area contributed by atoms with Crippen molar-refractivity contribution >= 4 is 41.3 Å². The van der Waals surface area contributed by atoms with Crippen LogP contribution in [0.1, 0.15) is 38.8 Å². The normalized spacial score (nSPS) is 12.6. The molecule has 0 aliphatic carbocycles. The van der Waals surface area contributed by atoms with Crippen molar-refractivity contribution in [3.8, 4) is 11.5 Å². The first-order chi connectivity index (χ1) is 24.6. The summed E-state index contributed by atoms with van der Waals surface area (Å²) < 4.78 is 10.4. The van der Waals surface area contributed by atoms with E-state index in [1.807, 2.05) is 0 Å². The van der Waals surface area contributed by atoms with Crippen molar-refractivity contribution in [2.45, 2.75) is 64.3 Å². The van der Waals surface area contributed by atoms with Crippen LogP contribution in [0.5, 0.6) is 11.5 Å². The minimum absolute atomic E-state index is 0.0239. The van der Waals surface area contributed by atoms with Gasteiger partial charge in [0.1, 0.15) is 35.2 Å². The number of amides is 6. The number of phenols is 1. The lowest BCUT2D eigenvalue weighted by molar-refractivity contribution is -0.132. The van der Waals surface area contributed by atoms with Gasteiger partial charge >= 0.3 is 6.09 Å². The molecule has 0 bridgehead atoms. The molecule has 0 radical (unpaired) electrons. The number of ether oxygens (including phenoxy) is 2. The molecule has 0 aliphatic rings. The highest BCUT2D eigenvalue weighted by Crippen LogP contribution is 2.15. The van der Waals surface area contributed by atoms with Crippen LogP contribution in [-0.4, -0.2) is 84.7 Å². The van der Waals surface area contributed by atoms with Gasteiger partial charge in [0.2, 0.25) is 29.5 Å². The number of methoxy groups -OCH3 is 1. The summed E-state index contributed by atoms with van der Waals surface area (Å²) in [7, 11) is 1.52. The molecule has 0 spiro atoms. The highest BCUT2D eigenvalue weighted by atomic mass is 16.6. The number of rotatable bonds is 16. The first-order valence-electron chi connectivity index (χ1n) is 16.5. The summed E-state index contributed by atoms with van der Waals surface area (Å²) in [5, 5.41) is 24.9. The van der Waals surface area contributed by atoms with E-state index in [2.05, 4.69) is 31.9 Å². The van der Waals surface area contributed by atoms with E-state index in [0.717, 1.165) is 5.56 Å². The van der Waals surface area contributed by atoms with Crippen LogP contribution >= 0.6 is 0 Å². The fourth-order valence-electron chi connectivity index (χ4n) is 4.70. The van der Waals surface area contributed by atoms with Gasteiger partial charge in [0, 0.05) is 18.5 Å². The Hall–Kier alpha value is -6.12. The van der Waals surface area contributed by atoms with Crippen molar-refractivity contribution < 1.29 is 43.3 Å². The van der Waals surface area contributed by atoms with E-state index in [-0.39, 0.29) is 25.1 Å². The van der Waals surface area contributed by atoms with Gasteiger partial charge in [-0.1, -0.05) is 42.5 Å². The summed E-state index contributed by atoms with van der Waals surface area (Å²) in [5.74, 6) is -2.55. The third kappa shape index (κ3) is 14.4. The Morgan fingerprint density at radius 3 is 1.83 bits per heavy atom. The summed E-state index contributed by atoms with van der Waals surface area (Å²) in [5.41, 5.74) is 1.04. The molecule has 15 nitrogen and oxygen atoms in total. The van der Waals surface area contributed by atoms with E-state index in [4.69, 9.17) is 9.47 Å². The summed E-state index contributed by atoms with van der Waals surface area (Å²) in [6.45, 7) is 5.52. The average Bonchev–Trinajstić information content (AvgIpc) is 3.09. The number of nitrogens with one attached hydrogen (secondary N) is 6.